The van der Waals surface area contributed by atoms with Gasteiger partial charge in [-0.25, -0.2) is 4.98 Å². The molecule has 0 bridgehead atoms. The Bertz CT molecular complexity index is 1920. The van der Waals surface area contributed by atoms with Crippen molar-refractivity contribution in [2.45, 2.75) is 33.3 Å². The molecule has 5 rings (SSSR count). The third-order valence-corrected chi connectivity index (χ3v) is 9.25. The first-order chi connectivity index (χ1) is 20.6. The molecule has 4 aromatic carbocycles. The second kappa shape index (κ2) is 13.5. The normalized spacial score (nSPS) is 11.6. The maximum Gasteiger partial charge on any atom is 0.282 e. The van der Waals surface area contributed by atoms with Crippen molar-refractivity contribution in [1.82, 2.24) is 9.66 Å². The third kappa shape index (κ3) is 6.87. The first-order valence-electron chi connectivity index (χ1n) is 13.4. The lowest BCUT2D eigenvalue weighted by Crippen LogP contribution is -2.21. The summed E-state index contributed by atoms with van der Waals surface area (Å²) in [6, 6.07) is 20.7. The fourth-order valence-corrected chi connectivity index (χ4v) is 7.12. The first-order valence-corrected chi connectivity index (χ1v) is 16.3. The molecule has 6 nitrogen and oxygen atoms in total. The van der Waals surface area contributed by atoms with E-state index in [-0.39, 0.29) is 11.5 Å². The molecule has 5 aromatic rings. The largest absolute Gasteiger partial charge is 0.496 e. The van der Waals surface area contributed by atoms with Crippen LogP contribution in [-0.4, -0.2) is 23.0 Å². The minimum absolute atomic E-state index is 0.208. The molecule has 220 valence electrons. The van der Waals surface area contributed by atoms with Crippen LogP contribution in [-0.2, 0) is 6.61 Å². The number of fused-ring (bicyclic) bond motifs is 1. The van der Waals surface area contributed by atoms with E-state index in [1.54, 1.807) is 31.5 Å². The molecule has 0 N–H and O–H groups in total. The van der Waals surface area contributed by atoms with Crippen molar-refractivity contribution < 1.29 is 9.47 Å². The molecular weight excluding hydrogens is 811 g/mol. The summed E-state index contributed by atoms with van der Waals surface area (Å²) in [6.07, 6.45) is 1.68. The summed E-state index contributed by atoms with van der Waals surface area (Å²) < 4.78 is 15.0. The second-order valence-corrected chi connectivity index (χ2v) is 13.4. The van der Waals surface area contributed by atoms with Crippen molar-refractivity contribution in [3.8, 4) is 22.9 Å². The molecule has 0 saturated heterocycles. The zero-order valence-corrected chi connectivity index (χ0v) is 29.6. The van der Waals surface area contributed by atoms with E-state index in [2.05, 4.69) is 59.0 Å². The number of aryl methyl sites for hydroxylation is 1. The fourth-order valence-electron chi connectivity index (χ4n) is 4.67. The minimum Gasteiger partial charge on any atom is -0.496 e. The van der Waals surface area contributed by atoms with Crippen LogP contribution >= 0.6 is 68.4 Å². The molecule has 0 aliphatic carbocycles. The highest BCUT2D eigenvalue weighted by molar-refractivity contribution is 14.1. The predicted octanol–water partition coefficient (Wildman–Crippen LogP) is 9.48. The van der Waals surface area contributed by atoms with E-state index in [0.29, 0.717) is 33.4 Å². The Balaban J connectivity index is 1.55. The number of hydrogen-bond acceptors (Lipinski definition) is 5. The van der Waals surface area contributed by atoms with E-state index in [1.807, 2.05) is 55.5 Å². The van der Waals surface area contributed by atoms with E-state index in [1.165, 1.54) is 4.68 Å². The van der Waals surface area contributed by atoms with Crippen LogP contribution in [0.4, 0.5) is 0 Å². The molecule has 0 aliphatic heterocycles. The molecule has 43 heavy (non-hydrogen) atoms. The van der Waals surface area contributed by atoms with Crippen molar-refractivity contribution in [3.63, 3.8) is 0 Å². The Morgan fingerprint density at radius 3 is 2.40 bits per heavy atom. The zero-order valence-electron chi connectivity index (χ0n) is 23.8. The van der Waals surface area contributed by atoms with Crippen LogP contribution in [0.3, 0.4) is 0 Å². The van der Waals surface area contributed by atoms with Gasteiger partial charge in [0.1, 0.15) is 18.1 Å². The lowest BCUT2D eigenvalue weighted by Gasteiger charge is -2.17. The number of benzene rings is 4. The van der Waals surface area contributed by atoms with E-state index in [9.17, 15) is 4.79 Å². The molecule has 1 heterocycles. The maximum atomic E-state index is 13.8. The van der Waals surface area contributed by atoms with Gasteiger partial charge in [0.15, 0.2) is 5.82 Å². The van der Waals surface area contributed by atoms with E-state index < -0.39 is 0 Å². The van der Waals surface area contributed by atoms with Crippen LogP contribution in [0.15, 0.2) is 76.6 Å². The van der Waals surface area contributed by atoms with Crippen LogP contribution in [0.5, 0.6) is 11.5 Å². The van der Waals surface area contributed by atoms with E-state index in [4.69, 9.17) is 42.8 Å². The number of aromatic nitrogens is 2. The molecular formula is C33H27Cl2I2N3O3. The van der Waals surface area contributed by atoms with Gasteiger partial charge in [0.2, 0.25) is 0 Å². The predicted molar refractivity (Wildman–Crippen MR) is 192 cm³/mol. The summed E-state index contributed by atoms with van der Waals surface area (Å²) in [5, 5.41) is 6.18. The maximum absolute atomic E-state index is 13.8. The Morgan fingerprint density at radius 2 is 1.72 bits per heavy atom. The Morgan fingerprint density at radius 1 is 1.00 bits per heavy atom. The van der Waals surface area contributed by atoms with Gasteiger partial charge in [0.05, 0.1) is 41.4 Å². The molecule has 0 aliphatic rings. The van der Waals surface area contributed by atoms with Crippen LogP contribution in [0.1, 0.15) is 42.0 Å². The summed E-state index contributed by atoms with van der Waals surface area (Å²) in [4.78, 5) is 18.7. The molecule has 0 amide bonds. The lowest BCUT2D eigenvalue weighted by molar-refractivity contribution is 0.302. The minimum atomic E-state index is -0.246. The van der Waals surface area contributed by atoms with Crippen molar-refractivity contribution in [1.29, 1.82) is 0 Å². The van der Waals surface area contributed by atoms with Gasteiger partial charge < -0.3 is 9.47 Å². The van der Waals surface area contributed by atoms with Gasteiger partial charge in [-0.05, 0) is 129 Å². The highest BCUT2D eigenvalue weighted by atomic mass is 127. The molecule has 0 spiro atoms. The Kier molecular flexibility index (Phi) is 10.00. The van der Waals surface area contributed by atoms with Crippen LogP contribution in [0.25, 0.3) is 22.3 Å². The monoisotopic (exact) mass is 837 g/mol. The Hall–Kier alpha value is -2.67. The summed E-state index contributed by atoms with van der Waals surface area (Å²) >= 11 is 16.7. The zero-order chi connectivity index (χ0) is 30.8. The standard InChI is InChI=1S/C33H27Cl2I2N3O3/c1-18(2)23-15-24(19(3)11-30(23)42-4)32-39-29-8-6-5-7-22(29)33(41)40(32)38-16-21-13-27(36)31(28(37)14-21)43-17-20-9-10-25(34)26(35)12-20/h5-16,18H,17H2,1-4H3. The lowest BCUT2D eigenvalue weighted by atomic mass is 9.96. The van der Waals surface area contributed by atoms with Crippen molar-refractivity contribution in [3.05, 3.63) is 117 Å². The highest BCUT2D eigenvalue weighted by Crippen LogP contribution is 2.34. The molecule has 0 unspecified atom stereocenters. The average Bonchev–Trinajstić information content (AvgIpc) is 2.97. The highest BCUT2D eigenvalue weighted by Gasteiger charge is 2.18. The number of ether oxygens (including phenoxy) is 2. The van der Waals surface area contributed by atoms with Gasteiger partial charge in [-0.1, -0.05) is 55.2 Å². The summed E-state index contributed by atoms with van der Waals surface area (Å²) in [6.45, 7) is 6.55. The molecule has 0 fully saturated rings. The van der Waals surface area contributed by atoms with Crippen LogP contribution in [0.2, 0.25) is 10.0 Å². The Labute approximate surface area is 287 Å². The summed E-state index contributed by atoms with van der Waals surface area (Å²) in [5.74, 6) is 2.23. The number of para-hydroxylation sites is 1. The first kappa shape index (κ1) is 31.7. The van der Waals surface area contributed by atoms with Gasteiger partial charge >= 0.3 is 0 Å². The van der Waals surface area contributed by atoms with Gasteiger partial charge in [0, 0.05) is 5.56 Å². The van der Waals surface area contributed by atoms with Gasteiger partial charge in [0.25, 0.3) is 5.56 Å². The SMILES string of the molecule is COc1cc(C)c(-c2nc3ccccc3c(=O)n2N=Cc2cc(I)c(OCc3ccc(Cl)c(Cl)c3)c(I)c2)cc1C(C)C. The third-order valence-electron chi connectivity index (χ3n) is 6.90. The summed E-state index contributed by atoms with van der Waals surface area (Å²) in [5.41, 5.74) is 4.88. The summed E-state index contributed by atoms with van der Waals surface area (Å²) in [7, 11) is 1.67. The molecule has 0 radical (unpaired) electrons. The number of nitrogens with zero attached hydrogens (tertiary/aromatic N) is 3. The fraction of sp³-hybridized carbons (Fsp3) is 0.182. The van der Waals surface area contributed by atoms with E-state index >= 15 is 0 Å². The molecule has 10 heteroatoms. The molecule has 0 saturated carbocycles. The van der Waals surface area contributed by atoms with Gasteiger partial charge in [-0.2, -0.15) is 9.78 Å². The topological polar surface area (TPSA) is 65.7 Å². The van der Waals surface area contributed by atoms with Crippen molar-refractivity contribution in [2.24, 2.45) is 5.10 Å². The quantitative estimate of drug-likeness (QED) is 0.116. The average molecular weight is 838 g/mol. The number of hydrogen-bond donors (Lipinski definition) is 0. The van der Waals surface area contributed by atoms with Gasteiger partial charge in [-0.15, -0.1) is 0 Å². The second-order valence-electron chi connectivity index (χ2n) is 10.2. The number of rotatable bonds is 8. The smallest absolute Gasteiger partial charge is 0.282 e. The van der Waals surface area contributed by atoms with Crippen molar-refractivity contribution >= 4 is 85.5 Å². The van der Waals surface area contributed by atoms with Crippen LogP contribution < -0.4 is 15.0 Å². The number of halogens is 4. The molecule has 0 atom stereocenters. The molecule has 1 aromatic heterocycles. The van der Waals surface area contributed by atoms with Crippen LogP contribution in [0, 0.1) is 14.1 Å². The number of methoxy groups -OCH3 is 1. The van der Waals surface area contributed by atoms with Crippen molar-refractivity contribution in [2.75, 3.05) is 7.11 Å². The van der Waals surface area contributed by atoms with E-state index in [0.717, 1.165) is 46.5 Å². The van der Waals surface area contributed by atoms with Gasteiger partial charge in [-0.3, -0.25) is 4.79 Å².